The minimum absolute atomic E-state index is 0.991. The Morgan fingerprint density at radius 3 is 2.50 bits per heavy atom. The zero-order valence-corrected chi connectivity index (χ0v) is 18.3. The standard InChI is InChI=1S/C25H23BrN4/c26-21-9-10-22(29-15-13-28(14-16-29)20-7-2-1-3-8-20)23-25(21)30-12-11-18-5-4-6-19(17-27-23)24(18)30/h1-3,6-12,17H,4-5,13-16H2. The van der Waals surface area contributed by atoms with Crippen molar-refractivity contribution in [3.05, 3.63) is 76.5 Å². The van der Waals surface area contributed by atoms with Crippen LogP contribution in [0.25, 0.3) is 11.3 Å². The predicted molar refractivity (Wildman–Crippen MR) is 129 cm³/mol. The van der Waals surface area contributed by atoms with Gasteiger partial charge in [0, 0.05) is 54.3 Å². The molecule has 0 radical (unpaired) electrons. The smallest absolute Gasteiger partial charge is 0.111 e. The van der Waals surface area contributed by atoms with Gasteiger partial charge in [-0.15, -0.1) is 0 Å². The van der Waals surface area contributed by atoms with Crippen LogP contribution in [-0.2, 0) is 6.42 Å². The predicted octanol–water partition coefficient (Wildman–Crippen LogP) is 5.61. The summed E-state index contributed by atoms with van der Waals surface area (Å²) in [4.78, 5) is 9.97. The second-order valence-corrected chi connectivity index (χ2v) is 8.94. The third-order valence-electron chi connectivity index (χ3n) is 6.42. The molecule has 6 rings (SSSR count). The number of benzene rings is 2. The SMILES string of the molecule is Brc1ccc(N2CCN(c3ccccc3)CC2)c2c1-n1ccc3c1C(=CCC3)C=N2. The zero-order valence-electron chi connectivity index (χ0n) is 16.8. The van der Waals surface area contributed by atoms with Crippen LogP contribution in [0.2, 0.25) is 0 Å². The van der Waals surface area contributed by atoms with Gasteiger partial charge in [-0.25, -0.2) is 0 Å². The Labute approximate surface area is 185 Å². The molecule has 2 aliphatic heterocycles. The lowest BCUT2D eigenvalue weighted by Gasteiger charge is -2.38. The first-order chi connectivity index (χ1) is 14.8. The van der Waals surface area contributed by atoms with Gasteiger partial charge in [0.1, 0.15) is 5.69 Å². The molecule has 1 saturated heterocycles. The number of fused-ring (bicyclic) bond motifs is 2. The van der Waals surface area contributed by atoms with Gasteiger partial charge in [-0.1, -0.05) is 24.3 Å². The van der Waals surface area contributed by atoms with Gasteiger partial charge in [-0.3, -0.25) is 4.99 Å². The van der Waals surface area contributed by atoms with E-state index in [-0.39, 0.29) is 0 Å². The molecular weight excluding hydrogens is 436 g/mol. The van der Waals surface area contributed by atoms with Crippen LogP contribution in [-0.4, -0.2) is 37.0 Å². The highest BCUT2D eigenvalue weighted by Gasteiger charge is 2.27. The molecule has 0 atom stereocenters. The fourth-order valence-corrected chi connectivity index (χ4v) is 5.42. The van der Waals surface area contributed by atoms with Crippen LogP contribution in [0.5, 0.6) is 0 Å². The topological polar surface area (TPSA) is 23.8 Å². The average molecular weight is 459 g/mol. The molecule has 0 N–H and O–H groups in total. The third-order valence-corrected chi connectivity index (χ3v) is 7.06. The molecule has 3 aromatic rings. The molecule has 1 fully saturated rings. The number of rotatable bonds is 2. The van der Waals surface area contributed by atoms with Crippen molar-refractivity contribution in [3.8, 4) is 5.69 Å². The van der Waals surface area contributed by atoms with E-state index in [1.54, 1.807) is 0 Å². The largest absolute Gasteiger partial charge is 0.368 e. The zero-order chi connectivity index (χ0) is 20.1. The number of piperazine rings is 1. The van der Waals surface area contributed by atoms with Gasteiger partial charge in [-0.2, -0.15) is 0 Å². The Morgan fingerprint density at radius 1 is 0.867 bits per heavy atom. The van der Waals surface area contributed by atoms with Crippen molar-refractivity contribution in [1.29, 1.82) is 0 Å². The molecule has 1 aliphatic carbocycles. The van der Waals surface area contributed by atoms with Crippen molar-refractivity contribution in [2.75, 3.05) is 36.0 Å². The van der Waals surface area contributed by atoms with E-state index in [9.17, 15) is 0 Å². The minimum atomic E-state index is 0.991. The fraction of sp³-hybridized carbons (Fsp3) is 0.240. The van der Waals surface area contributed by atoms with E-state index in [4.69, 9.17) is 4.99 Å². The average Bonchev–Trinajstić information content (AvgIpc) is 3.14. The van der Waals surface area contributed by atoms with E-state index in [1.165, 1.54) is 28.2 Å². The highest BCUT2D eigenvalue weighted by molar-refractivity contribution is 9.10. The Kier molecular flexibility index (Phi) is 4.30. The molecule has 1 aromatic heterocycles. The van der Waals surface area contributed by atoms with Gasteiger partial charge in [-0.05, 0) is 64.7 Å². The van der Waals surface area contributed by atoms with Crippen LogP contribution < -0.4 is 9.80 Å². The van der Waals surface area contributed by atoms with E-state index < -0.39 is 0 Å². The van der Waals surface area contributed by atoms with Crippen LogP contribution in [0.15, 0.2) is 70.3 Å². The highest BCUT2D eigenvalue weighted by atomic mass is 79.9. The molecule has 3 heterocycles. The number of nitrogens with zero attached hydrogens (tertiary/aromatic N) is 4. The van der Waals surface area contributed by atoms with Gasteiger partial charge in [0.25, 0.3) is 0 Å². The number of anilines is 2. The number of aromatic nitrogens is 1. The summed E-state index contributed by atoms with van der Waals surface area (Å²) in [5, 5.41) is 0. The first kappa shape index (κ1) is 18.0. The molecule has 3 aliphatic rings. The summed E-state index contributed by atoms with van der Waals surface area (Å²) in [6.45, 7) is 4.02. The lowest BCUT2D eigenvalue weighted by Crippen LogP contribution is -2.46. The maximum atomic E-state index is 5.01. The van der Waals surface area contributed by atoms with Crippen LogP contribution >= 0.6 is 15.9 Å². The number of halogens is 1. The molecule has 0 bridgehead atoms. The van der Waals surface area contributed by atoms with E-state index >= 15 is 0 Å². The molecular formula is C25H23BrN4. The van der Waals surface area contributed by atoms with Crippen molar-refractivity contribution in [3.63, 3.8) is 0 Å². The number of para-hydroxylation sites is 1. The van der Waals surface area contributed by atoms with Gasteiger partial charge < -0.3 is 14.4 Å². The normalized spacial score (nSPS) is 17.3. The molecule has 150 valence electrons. The van der Waals surface area contributed by atoms with E-state index in [2.05, 4.69) is 97.3 Å². The summed E-state index contributed by atoms with van der Waals surface area (Å²) >= 11 is 3.81. The van der Waals surface area contributed by atoms with E-state index in [1.807, 2.05) is 0 Å². The maximum Gasteiger partial charge on any atom is 0.111 e. The van der Waals surface area contributed by atoms with Gasteiger partial charge in [0.15, 0.2) is 0 Å². The number of aryl methyl sites for hydroxylation is 1. The molecule has 2 aromatic carbocycles. The molecule has 0 unspecified atom stereocenters. The van der Waals surface area contributed by atoms with Crippen LogP contribution in [0.1, 0.15) is 17.7 Å². The minimum Gasteiger partial charge on any atom is -0.368 e. The lowest BCUT2D eigenvalue weighted by molar-refractivity contribution is 0.653. The van der Waals surface area contributed by atoms with Crippen LogP contribution in [0, 0.1) is 0 Å². The summed E-state index contributed by atoms with van der Waals surface area (Å²) in [7, 11) is 0. The highest BCUT2D eigenvalue weighted by Crippen LogP contribution is 2.44. The molecule has 0 spiro atoms. The number of hydrogen-bond acceptors (Lipinski definition) is 3. The van der Waals surface area contributed by atoms with Crippen molar-refractivity contribution >= 4 is 44.8 Å². The first-order valence-corrected chi connectivity index (χ1v) is 11.4. The molecule has 30 heavy (non-hydrogen) atoms. The second-order valence-electron chi connectivity index (χ2n) is 8.09. The first-order valence-electron chi connectivity index (χ1n) is 10.6. The Morgan fingerprint density at radius 2 is 1.67 bits per heavy atom. The summed E-state index contributed by atoms with van der Waals surface area (Å²) in [5.74, 6) is 0. The van der Waals surface area contributed by atoms with Crippen molar-refractivity contribution < 1.29 is 0 Å². The number of allylic oxidation sites excluding steroid dienone is 2. The Balaban J connectivity index is 1.38. The maximum absolute atomic E-state index is 5.01. The van der Waals surface area contributed by atoms with Crippen molar-refractivity contribution in [2.45, 2.75) is 12.8 Å². The van der Waals surface area contributed by atoms with E-state index in [0.29, 0.717) is 0 Å². The van der Waals surface area contributed by atoms with Gasteiger partial charge in [0.2, 0.25) is 0 Å². The van der Waals surface area contributed by atoms with Gasteiger partial charge >= 0.3 is 0 Å². The summed E-state index contributed by atoms with van der Waals surface area (Å²) in [5.41, 5.74) is 8.70. The molecule has 5 heteroatoms. The molecule has 0 saturated carbocycles. The van der Waals surface area contributed by atoms with Gasteiger partial charge in [0.05, 0.1) is 17.1 Å². The number of hydrogen-bond donors (Lipinski definition) is 0. The van der Waals surface area contributed by atoms with Crippen LogP contribution in [0.4, 0.5) is 17.1 Å². The summed E-state index contributed by atoms with van der Waals surface area (Å²) in [6.07, 6.45) is 8.79. The lowest BCUT2D eigenvalue weighted by atomic mass is 9.98. The monoisotopic (exact) mass is 458 g/mol. The molecule has 0 amide bonds. The van der Waals surface area contributed by atoms with E-state index in [0.717, 1.165) is 54.9 Å². The van der Waals surface area contributed by atoms with Crippen molar-refractivity contribution in [1.82, 2.24) is 4.57 Å². The summed E-state index contributed by atoms with van der Waals surface area (Å²) < 4.78 is 3.42. The Hall–Kier alpha value is -2.79. The Bertz CT molecular complexity index is 1170. The van der Waals surface area contributed by atoms with Crippen molar-refractivity contribution in [2.24, 2.45) is 4.99 Å². The summed E-state index contributed by atoms with van der Waals surface area (Å²) in [6, 6.07) is 17.4. The number of aliphatic imine (C=N–C) groups is 1. The fourth-order valence-electron chi connectivity index (χ4n) is 4.91. The quantitative estimate of drug-likeness (QED) is 0.497. The second kappa shape index (κ2) is 7.17. The molecule has 4 nitrogen and oxygen atoms in total. The third kappa shape index (κ3) is 2.83. The van der Waals surface area contributed by atoms with Crippen LogP contribution in [0.3, 0.4) is 0 Å².